The van der Waals surface area contributed by atoms with Gasteiger partial charge in [-0.2, -0.15) is 0 Å². The van der Waals surface area contributed by atoms with Gasteiger partial charge in [0.1, 0.15) is 6.10 Å². The molecule has 0 spiro atoms. The van der Waals surface area contributed by atoms with Crippen molar-refractivity contribution in [3.05, 3.63) is 23.4 Å². The monoisotopic (exact) mass is 250 g/mol. The zero-order valence-electron chi connectivity index (χ0n) is 11.6. The highest BCUT2D eigenvalue weighted by atomic mass is 16.6. The van der Waals surface area contributed by atoms with Crippen molar-refractivity contribution in [2.75, 3.05) is 13.2 Å². The van der Waals surface area contributed by atoms with Gasteiger partial charge >= 0.3 is 0 Å². The lowest BCUT2D eigenvalue weighted by atomic mass is 10.1. The Balaban J connectivity index is 2.01. The number of hydrogen-bond donors (Lipinski definition) is 1. The summed E-state index contributed by atoms with van der Waals surface area (Å²) in [5.74, 6) is 0.703. The Morgan fingerprint density at radius 1 is 1.39 bits per heavy atom. The van der Waals surface area contributed by atoms with E-state index in [1.54, 1.807) is 0 Å². The minimum Gasteiger partial charge on any atom is -0.469 e. The molecule has 1 N–H and O–H groups in total. The second-order valence-electron chi connectivity index (χ2n) is 5.84. The highest BCUT2D eigenvalue weighted by Crippen LogP contribution is 2.17. The van der Waals surface area contributed by atoms with Crippen molar-refractivity contribution in [1.82, 2.24) is 10.3 Å². The summed E-state index contributed by atoms with van der Waals surface area (Å²) in [5, 5.41) is 3.47. The molecule has 1 fully saturated rings. The summed E-state index contributed by atoms with van der Waals surface area (Å²) in [6.45, 7) is 10.6. The van der Waals surface area contributed by atoms with Gasteiger partial charge in [0.15, 0.2) is 0 Å². The minimum absolute atomic E-state index is 0.111. The molecule has 4 heteroatoms. The van der Waals surface area contributed by atoms with E-state index in [1.165, 1.54) is 5.56 Å². The van der Waals surface area contributed by atoms with Crippen molar-refractivity contribution in [1.29, 1.82) is 0 Å². The lowest BCUT2D eigenvalue weighted by Gasteiger charge is -2.26. The van der Waals surface area contributed by atoms with Crippen molar-refractivity contribution in [3.63, 3.8) is 0 Å². The molecule has 1 saturated heterocycles. The molecule has 1 aliphatic heterocycles. The highest BCUT2D eigenvalue weighted by Gasteiger charge is 2.21. The van der Waals surface area contributed by atoms with Crippen LogP contribution in [0.4, 0.5) is 0 Å². The molecular formula is C14H22N2O2. The SMILES string of the molecule is Cc1cc(CNC(C)(C)C)cc(OC2COC2)n1. The predicted octanol–water partition coefficient (Wildman–Crippen LogP) is 2.06. The quantitative estimate of drug-likeness (QED) is 0.888. The standard InChI is InChI=1S/C14H22N2O2/c1-10-5-11(7-15-14(2,3)4)6-13(16-10)18-12-8-17-9-12/h5-6,12,15H,7-9H2,1-4H3. The lowest BCUT2D eigenvalue weighted by molar-refractivity contribution is -0.0814. The van der Waals surface area contributed by atoms with Gasteiger partial charge in [0.05, 0.1) is 13.2 Å². The Kier molecular flexibility index (Phi) is 3.88. The average Bonchev–Trinajstić information content (AvgIpc) is 2.19. The number of hydrogen-bond acceptors (Lipinski definition) is 4. The zero-order chi connectivity index (χ0) is 13.2. The first-order chi connectivity index (χ1) is 8.42. The molecule has 4 nitrogen and oxygen atoms in total. The Morgan fingerprint density at radius 2 is 2.11 bits per heavy atom. The van der Waals surface area contributed by atoms with Crippen LogP contribution in [0.2, 0.25) is 0 Å². The fourth-order valence-electron chi connectivity index (χ4n) is 1.69. The summed E-state index contributed by atoms with van der Waals surface area (Å²) in [7, 11) is 0. The Bertz CT molecular complexity index is 409. The van der Waals surface area contributed by atoms with Crippen molar-refractivity contribution >= 4 is 0 Å². The van der Waals surface area contributed by atoms with Gasteiger partial charge < -0.3 is 14.8 Å². The van der Waals surface area contributed by atoms with Crippen LogP contribution in [0.25, 0.3) is 0 Å². The van der Waals surface area contributed by atoms with Gasteiger partial charge in [-0.1, -0.05) is 0 Å². The second kappa shape index (κ2) is 5.24. The Morgan fingerprint density at radius 3 is 2.67 bits per heavy atom. The molecule has 0 saturated carbocycles. The third-order valence-corrected chi connectivity index (χ3v) is 2.71. The number of aryl methyl sites for hydroxylation is 1. The topological polar surface area (TPSA) is 43.4 Å². The van der Waals surface area contributed by atoms with E-state index >= 15 is 0 Å². The Labute approximate surface area is 109 Å². The highest BCUT2D eigenvalue weighted by molar-refractivity contribution is 5.25. The van der Waals surface area contributed by atoms with Crippen LogP contribution >= 0.6 is 0 Å². The number of aromatic nitrogens is 1. The molecule has 0 aliphatic carbocycles. The summed E-state index contributed by atoms with van der Waals surface area (Å²) in [5.41, 5.74) is 2.30. The van der Waals surface area contributed by atoms with Crippen LogP contribution in [0.3, 0.4) is 0 Å². The fraction of sp³-hybridized carbons (Fsp3) is 0.643. The van der Waals surface area contributed by atoms with E-state index < -0.39 is 0 Å². The first kappa shape index (κ1) is 13.3. The van der Waals surface area contributed by atoms with Crippen LogP contribution in [-0.4, -0.2) is 29.8 Å². The lowest BCUT2D eigenvalue weighted by Crippen LogP contribution is -2.39. The molecule has 2 heterocycles. The molecule has 18 heavy (non-hydrogen) atoms. The van der Waals surface area contributed by atoms with Gasteiger partial charge in [0.25, 0.3) is 0 Å². The van der Waals surface area contributed by atoms with Gasteiger partial charge in [0, 0.05) is 23.8 Å². The van der Waals surface area contributed by atoms with E-state index in [0.717, 1.165) is 12.2 Å². The van der Waals surface area contributed by atoms with Gasteiger partial charge in [0.2, 0.25) is 5.88 Å². The summed E-state index contributed by atoms with van der Waals surface area (Å²) in [6.07, 6.45) is 0.169. The second-order valence-corrected chi connectivity index (χ2v) is 5.84. The molecule has 0 aromatic carbocycles. The third-order valence-electron chi connectivity index (χ3n) is 2.71. The number of pyridine rings is 1. The minimum atomic E-state index is 0.111. The van der Waals surface area contributed by atoms with Gasteiger partial charge in [-0.15, -0.1) is 0 Å². The van der Waals surface area contributed by atoms with Crippen LogP contribution in [0.1, 0.15) is 32.0 Å². The summed E-state index contributed by atoms with van der Waals surface area (Å²) >= 11 is 0. The average molecular weight is 250 g/mol. The molecule has 1 aromatic rings. The Hall–Kier alpha value is -1.13. The maximum atomic E-state index is 5.74. The maximum Gasteiger partial charge on any atom is 0.214 e. The van der Waals surface area contributed by atoms with E-state index in [2.05, 4.69) is 37.1 Å². The van der Waals surface area contributed by atoms with E-state index in [-0.39, 0.29) is 11.6 Å². The van der Waals surface area contributed by atoms with E-state index in [4.69, 9.17) is 9.47 Å². The molecule has 2 rings (SSSR count). The normalized spacial score (nSPS) is 16.4. The van der Waals surface area contributed by atoms with Crippen LogP contribution in [0.5, 0.6) is 5.88 Å². The van der Waals surface area contributed by atoms with E-state index in [0.29, 0.717) is 19.1 Å². The molecule has 100 valence electrons. The first-order valence-corrected chi connectivity index (χ1v) is 6.39. The van der Waals surface area contributed by atoms with Crippen LogP contribution < -0.4 is 10.1 Å². The van der Waals surface area contributed by atoms with Crippen LogP contribution in [0.15, 0.2) is 12.1 Å². The molecule has 0 atom stereocenters. The van der Waals surface area contributed by atoms with Crippen molar-refractivity contribution in [2.45, 2.75) is 45.9 Å². The van der Waals surface area contributed by atoms with Crippen LogP contribution in [0, 0.1) is 6.92 Å². The number of nitrogens with zero attached hydrogens (tertiary/aromatic N) is 1. The molecular weight excluding hydrogens is 228 g/mol. The maximum absolute atomic E-state index is 5.74. The number of ether oxygens (including phenoxy) is 2. The first-order valence-electron chi connectivity index (χ1n) is 6.39. The van der Waals surface area contributed by atoms with E-state index in [9.17, 15) is 0 Å². The fourth-order valence-corrected chi connectivity index (χ4v) is 1.69. The van der Waals surface area contributed by atoms with Crippen molar-refractivity contribution in [3.8, 4) is 5.88 Å². The summed E-state index contributed by atoms with van der Waals surface area (Å²) < 4.78 is 10.8. The molecule has 0 amide bonds. The predicted molar refractivity (Wildman–Crippen MR) is 70.8 cm³/mol. The van der Waals surface area contributed by atoms with Gasteiger partial charge in [-0.25, -0.2) is 4.98 Å². The van der Waals surface area contributed by atoms with E-state index in [1.807, 2.05) is 13.0 Å². The summed E-state index contributed by atoms with van der Waals surface area (Å²) in [4.78, 5) is 4.39. The van der Waals surface area contributed by atoms with Crippen molar-refractivity contribution < 1.29 is 9.47 Å². The molecule has 0 radical (unpaired) electrons. The number of rotatable bonds is 4. The van der Waals surface area contributed by atoms with Crippen molar-refractivity contribution in [2.24, 2.45) is 0 Å². The third kappa shape index (κ3) is 3.96. The van der Waals surface area contributed by atoms with Gasteiger partial charge in [-0.3, -0.25) is 0 Å². The molecule has 0 bridgehead atoms. The molecule has 1 aromatic heterocycles. The molecule has 1 aliphatic rings. The largest absolute Gasteiger partial charge is 0.469 e. The smallest absolute Gasteiger partial charge is 0.214 e. The van der Waals surface area contributed by atoms with Gasteiger partial charge in [-0.05, 0) is 39.3 Å². The molecule has 0 unspecified atom stereocenters. The summed E-state index contributed by atoms with van der Waals surface area (Å²) in [6, 6.07) is 4.09. The van der Waals surface area contributed by atoms with Crippen LogP contribution in [-0.2, 0) is 11.3 Å². The number of nitrogens with one attached hydrogen (secondary N) is 1. The zero-order valence-corrected chi connectivity index (χ0v) is 11.6.